The summed E-state index contributed by atoms with van der Waals surface area (Å²) in [5.41, 5.74) is 0. The second-order valence-electron chi connectivity index (χ2n) is 4.28. The van der Waals surface area contributed by atoms with E-state index < -0.39 is 4.83 Å². The van der Waals surface area contributed by atoms with Crippen molar-refractivity contribution in [2.24, 2.45) is 11.8 Å². The molecule has 0 bridgehead atoms. The molecule has 1 fully saturated rings. The summed E-state index contributed by atoms with van der Waals surface area (Å²) in [6, 6.07) is 0. The third-order valence-corrected chi connectivity index (χ3v) is 3.26. The predicted octanol–water partition coefficient (Wildman–Crippen LogP) is 3.56. The molecule has 4 heteroatoms. The number of hydrogen-bond donors (Lipinski definition) is 1. The van der Waals surface area contributed by atoms with Crippen molar-refractivity contribution in [3.63, 3.8) is 0 Å². The van der Waals surface area contributed by atoms with Gasteiger partial charge >= 0.3 is 4.83 Å². The summed E-state index contributed by atoms with van der Waals surface area (Å²) in [5, 5.41) is 8.93. The first-order valence-electron chi connectivity index (χ1n) is 5.73. The van der Waals surface area contributed by atoms with E-state index in [-0.39, 0.29) is 12.5 Å². The maximum Gasteiger partial charge on any atom is 0.363 e. The van der Waals surface area contributed by atoms with Crippen molar-refractivity contribution in [1.82, 2.24) is 0 Å². The fourth-order valence-corrected chi connectivity index (χ4v) is 2.39. The maximum atomic E-state index is 12.6. The van der Waals surface area contributed by atoms with Crippen molar-refractivity contribution in [3.05, 3.63) is 0 Å². The first-order valence-corrected chi connectivity index (χ1v) is 6.52. The lowest BCUT2D eigenvalue weighted by Gasteiger charge is -2.26. The lowest BCUT2D eigenvalue weighted by atomic mass is 9.79. The van der Waals surface area contributed by atoms with Crippen LogP contribution >= 0.6 is 15.9 Å². The molecule has 16 heavy (non-hydrogen) atoms. The van der Waals surface area contributed by atoms with Crippen LogP contribution in [0.1, 0.15) is 38.5 Å². The van der Waals surface area contributed by atoms with Crippen molar-refractivity contribution in [3.8, 4) is 11.8 Å². The number of hydrogen-bond acceptors (Lipinski definition) is 1. The maximum absolute atomic E-state index is 12.6. The summed E-state index contributed by atoms with van der Waals surface area (Å²) in [6.45, 7) is 0.0176. The summed E-state index contributed by atoms with van der Waals surface area (Å²) in [6.07, 6.45) is 6.13. The molecule has 0 amide bonds. The van der Waals surface area contributed by atoms with Crippen molar-refractivity contribution in [2.75, 3.05) is 6.61 Å². The molecule has 0 saturated heterocycles. The molecule has 1 rings (SSSR count). The molecule has 1 nitrogen and oxygen atoms in total. The Labute approximate surface area is 104 Å². The summed E-state index contributed by atoms with van der Waals surface area (Å²) < 4.78 is 25.1. The fourth-order valence-electron chi connectivity index (χ4n) is 2.28. The largest absolute Gasteiger partial charge is 0.396 e. The van der Waals surface area contributed by atoms with Gasteiger partial charge < -0.3 is 5.11 Å². The summed E-state index contributed by atoms with van der Waals surface area (Å²) in [5.74, 6) is 4.84. The van der Waals surface area contributed by atoms with Crippen LogP contribution in [0.2, 0.25) is 0 Å². The highest BCUT2D eigenvalue weighted by Crippen LogP contribution is 2.32. The smallest absolute Gasteiger partial charge is 0.363 e. The van der Waals surface area contributed by atoms with Crippen LogP contribution in [0.15, 0.2) is 0 Å². The summed E-state index contributed by atoms with van der Waals surface area (Å²) in [7, 11) is 0. The quantitative estimate of drug-likeness (QED) is 0.623. The number of alkyl halides is 3. The van der Waals surface area contributed by atoms with Gasteiger partial charge in [-0.2, -0.15) is 8.78 Å². The lowest BCUT2D eigenvalue weighted by molar-refractivity contribution is 0.181. The van der Waals surface area contributed by atoms with Gasteiger partial charge in [-0.1, -0.05) is 25.2 Å². The average Bonchev–Trinajstić information content (AvgIpc) is 2.24. The Bertz CT molecular complexity index is 258. The highest BCUT2D eigenvalue weighted by atomic mass is 79.9. The Morgan fingerprint density at radius 3 is 2.44 bits per heavy atom. The van der Waals surface area contributed by atoms with Gasteiger partial charge in [0.1, 0.15) is 0 Å². The second kappa shape index (κ2) is 6.56. The molecule has 92 valence electrons. The lowest BCUT2D eigenvalue weighted by Crippen LogP contribution is -2.18. The number of aliphatic hydroxyl groups is 1. The van der Waals surface area contributed by atoms with E-state index in [1.165, 1.54) is 6.42 Å². The third kappa shape index (κ3) is 5.27. The van der Waals surface area contributed by atoms with Crippen LogP contribution in [0, 0.1) is 23.7 Å². The molecule has 0 heterocycles. The van der Waals surface area contributed by atoms with Gasteiger partial charge in [0.15, 0.2) is 0 Å². The molecule has 0 aromatic rings. The molecule has 0 aliphatic heterocycles. The number of aliphatic hydroxyl groups excluding tert-OH is 1. The van der Waals surface area contributed by atoms with Crippen LogP contribution in [-0.4, -0.2) is 16.5 Å². The molecular formula is C12H17BrF2O. The first kappa shape index (κ1) is 13.9. The minimum absolute atomic E-state index is 0.0176. The van der Waals surface area contributed by atoms with E-state index in [0.717, 1.165) is 25.7 Å². The number of rotatable bonds is 3. The van der Waals surface area contributed by atoms with Gasteiger partial charge in [0, 0.05) is 28.5 Å². The standard InChI is InChI=1S/C12H17BrF2O/c13-12(14,15)8-6-11(7-9-16)10-4-2-1-3-5-10/h10-11,16H,1-5,7,9H2. The normalized spacial score (nSPS) is 20.0. The van der Waals surface area contributed by atoms with E-state index in [2.05, 4.69) is 21.9 Å². The molecule has 1 N–H and O–H groups in total. The molecule has 1 saturated carbocycles. The van der Waals surface area contributed by atoms with Crippen molar-refractivity contribution in [1.29, 1.82) is 0 Å². The number of halogens is 3. The molecule has 1 atom stereocenters. The predicted molar refractivity (Wildman–Crippen MR) is 63.4 cm³/mol. The fraction of sp³-hybridized carbons (Fsp3) is 0.833. The van der Waals surface area contributed by atoms with Gasteiger partial charge in [0.2, 0.25) is 0 Å². The van der Waals surface area contributed by atoms with E-state index in [4.69, 9.17) is 5.11 Å². The second-order valence-corrected chi connectivity index (χ2v) is 5.28. The van der Waals surface area contributed by atoms with Gasteiger partial charge in [-0.3, -0.25) is 0 Å². The molecule has 0 aromatic heterocycles. The van der Waals surface area contributed by atoms with Crippen molar-refractivity contribution < 1.29 is 13.9 Å². The molecule has 1 unspecified atom stereocenters. The van der Waals surface area contributed by atoms with Crippen LogP contribution in [-0.2, 0) is 0 Å². The van der Waals surface area contributed by atoms with Crippen LogP contribution in [0.3, 0.4) is 0 Å². The Hall–Kier alpha value is -0.140. The zero-order valence-electron chi connectivity index (χ0n) is 9.19. The topological polar surface area (TPSA) is 20.2 Å². The van der Waals surface area contributed by atoms with Crippen LogP contribution in [0.4, 0.5) is 8.78 Å². The molecule has 1 aliphatic carbocycles. The molecular weight excluding hydrogens is 278 g/mol. The van der Waals surface area contributed by atoms with Crippen LogP contribution in [0.5, 0.6) is 0 Å². The van der Waals surface area contributed by atoms with Gasteiger partial charge in [-0.15, -0.1) is 0 Å². The van der Waals surface area contributed by atoms with Crippen LogP contribution < -0.4 is 0 Å². The Balaban J connectivity index is 2.61. The Morgan fingerprint density at radius 2 is 1.94 bits per heavy atom. The molecule has 1 aliphatic rings. The zero-order chi connectivity index (χ0) is 12.0. The summed E-state index contributed by atoms with van der Waals surface area (Å²) >= 11 is 2.21. The Morgan fingerprint density at radius 1 is 1.31 bits per heavy atom. The van der Waals surface area contributed by atoms with E-state index >= 15 is 0 Å². The SMILES string of the molecule is OCCC(C#CC(F)(F)Br)C1CCCCC1. The molecule has 0 aromatic carbocycles. The van der Waals surface area contributed by atoms with E-state index in [9.17, 15) is 8.78 Å². The minimum Gasteiger partial charge on any atom is -0.396 e. The Kier molecular flexibility index (Phi) is 5.71. The van der Waals surface area contributed by atoms with E-state index in [1.54, 1.807) is 0 Å². The van der Waals surface area contributed by atoms with Crippen molar-refractivity contribution in [2.45, 2.75) is 43.4 Å². The van der Waals surface area contributed by atoms with E-state index in [1.807, 2.05) is 5.92 Å². The van der Waals surface area contributed by atoms with Gasteiger partial charge in [0.25, 0.3) is 0 Å². The highest BCUT2D eigenvalue weighted by Gasteiger charge is 2.24. The summed E-state index contributed by atoms with van der Waals surface area (Å²) in [4.78, 5) is -3.10. The van der Waals surface area contributed by atoms with Crippen LogP contribution in [0.25, 0.3) is 0 Å². The highest BCUT2D eigenvalue weighted by molar-refractivity contribution is 9.10. The monoisotopic (exact) mass is 294 g/mol. The zero-order valence-corrected chi connectivity index (χ0v) is 10.8. The van der Waals surface area contributed by atoms with Gasteiger partial charge in [-0.05, 0) is 31.1 Å². The molecule has 0 radical (unpaired) electrons. The first-order chi connectivity index (χ1) is 7.53. The van der Waals surface area contributed by atoms with Crippen molar-refractivity contribution >= 4 is 15.9 Å². The third-order valence-electron chi connectivity index (χ3n) is 3.06. The minimum atomic E-state index is -3.10. The molecule has 0 spiro atoms. The average molecular weight is 295 g/mol. The van der Waals surface area contributed by atoms with Gasteiger partial charge in [-0.25, -0.2) is 0 Å². The van der Waals surface area contributed by atoms with E-state index in [0.29, 0.717) is 12.3 Å². The van der Waals surface area contributed by atoms with Gasteiger partial charge in [0.05, 0.1) is 0 Å².